The van der Waals surface area contributed by atoms with Gasteiger partial charge in [0.1, 0.15) is 5.82 Å². The molecule has 0 aliphatic carbocycles. The molecule has 0 saturated heterocycles. The van der Waals surface area contributed by atoms with E-state index in [0.29, 0.717) is 0 Å². The normalized spacial score (nSPS) is 10.3. The predicted molar refractivity (Wildman–Crippen MR) is 62.5 cm³/mol. The summed E-state index contributed by atoms with van der Waals surface area (Å²) in [5, 5.41) is 0. The minimum Gasteiger partial charge on any atom is -0.263 e. The fourth-order valence-corrected chi connectivity index (χ4v) is 2.45. The average molecular weight is 284 g/mol. The van der Waals surface area contributed by atoms with E-state index >= 15 is 0 Å². The van der Waals surface area contributed by atoms with Gasteiger partial charge in [-0.05, 0) is 40.2 Å². The lowest BCUT2D eigenvalue weighted by Gasteiger charge is -2.03. The molecule has 15 heavy (non-hydrogen) atoms. The van der Waals surface area contributed by atoms with Crippen LogP contribution in [0.15, 0.2) is 57.0 Å². The number of halogens is 2. The van der Waals surface area contributed by atoms with Crippen LogP contribution in [0, 0.1) is 5.82 Å². The van der Waals surface area contributed by atoms with Crippen molar-refractivity contribution in [3.63, 3.8) is 0 Å². The van der Waals surface area contributed by atoms with E-state index in [4.69, 9.17) is 0 Å². The molecule has 0 aliphatic rings. The van der Waals surface area contributed by atoms with E-state index in [-0.39, 0.29) is 5.82 Å². The number of hydrogen-bond donors (Lipinski definition) is 0. The molecule has 0 aliphatic heterocycles. The Morgan fingerprint density at radius 1 is 1.27 bits per heavy atom. The second-order valence-electron chi connectivity index (χ2n) is 2.87. The summed E-state index contributed by atoms with van der Waals surface area (Å²) in [6.45, 7) is 0. The standard InChI is InChI=1S/C11H7BrFNS/c12-10-7-14-5-4-11(10)15-9-3-1-2-8(13)6-9/h1-7H. The van der Waals surface area contributed by atoms with Crippen molar-refractivity contribution in [3.05, 3.63) is 53.0 Å². The third-order valence-corrected chi connectivity index (χ3v) is 3.72. The van der Waals surface area contributed by atoms with E-state index in [2.05, 4.69) is 20.9 Å². The van der Waals surface area contributed by atoms with Crippen LogP contribution in [0.4, 0.5) is 4.39 Å². The molecule has 0 atom stereocenters. The van der Waals surface area contributed by atoms with Gasteiger partial charge in [0.25, 0.3) is 0 Å². The van der Waals surface area contributed by atoms with Crippen LogP contribution in [0.3, 0.4) is 0 Å². The number of nitrogens with zero attached hydrogens (tertiary/aromatic N) is 1. The Bertz CT molecular complexity index is 476. The highest BCUT2D eigenvalue weighted by Crippen LogP contribution is 2.32. The molecule has 76 valence electrons. The molecule has 0 fully saturated rings. The van der Waals surface area contributed by atoms with Gasteiger partial charge in [0.05, 0.1) is 0 Å². The molecule has 0 radical (unpaired) electrons. The molecule has 0 bridgehead atoms. The average Bonchev–Trinajstić information content (AvgIpc) is 2.22. The zero-order valence-corrected chi connectivity index (χ0v) is 10.1. The molecular formula is C11H7BrFNS. The summed E-state index contributed by atoms with van der Waals surface area (Å²) in [6.07, 6.45) is 3.44. The summed E-state index contributed by atoms with van der Waals surface area (Å²) in [5.41, 5.74) is 0. The second kappa shape index (κ2) is 4.77. The van der Waals surface area contributed by atoms with Gasteiger partial charge in [-0.1, -0.05) is 17.8 Å². The zero-order chi connectivity index (χ0) is 10.7. The molecule has 2 aromatic rings. The molecule has 0 N–H and O–H groups in total. The van der Waals surface area contributed by atoms with Gasteiger partial charge in [0.15, 0.2) is 0 Å². The summed E-state index contributed by atoms with van der Waals surface area (Å²) >= 11 is 4.90. The molecule has 0 saturated carbocycles. The highest BCUT2D eigenvalue weighted by Gasteiger charge is 2.02. The monoisotopic (exact) mass is 283 g/mol. The lowest BCUT2D eigenvalue weighted by molar-refractivity contribution is 0.624. The van der Waals surface area contributed by atoms with Gasteiger partial charge in [0.2, 0.25) is 0 Å². The maximum absolute atomic E-state index is 12.9. The fourth-order valence-electron chi connectivity index (χ4n) is 1.10. The van der Waals surface area contributed by atoms with Gasteiger partial charge in [-0.3, -0.25) is 4.98 Å². The Kier molecular flexibility index (Phi) is 3.38. The summed E-state index contributed by atoms with van der Waals surface area (Å²) in [6, 6.07) is 8.41. The van der Waals surface area contributed by atoms with Crippen LogP contribution in [-0.4, -0.2) is 4.98 Å². The molecule has 1 aromatic heterocycles. The number of benzene rings is 1. The second-order valence-corrected chi connectivity index (χ2v) is 4.84. The van der Waals surface area contributed by atoms with Crippen molar-refractivity contribution in [2.45, 2.75) is 9.79 Å². The summed E-state index contributed by atoms with van der Waals surface area (Å²) in [4.78, 5) is 5.87. The first-order chi connectivity index (χ1) is 7.25. The molecule has 0 amide bonds. The van der Waals surface area contributed by atoms with Gasteiger partial charge >= 0.3 is 0 Å². The Morgan fingerprint density at radius 3 is 2.87 bits per heavy atom. The summed E-state index contributed by atoms with van der Waals surface area (Å²) in [5.74, 6) is -0.217. The highest BCUT2D eigenvalue weighted by molar-refractivity contribution is 9.10. The van der Waals surface area contributed by atoms with Gasteiger partial charge in [-0.2, -0.15) is 0 Å². The van der Waals surface area contributed by atoms with Crippen molar-refractivity contribution in [1.82, 2.24) is 4.98 Å². The third-order valence-electron chi connectivity index (χ3n) is 1.76. The Hall–Kier alpha value is -0.870. The smallest absolute Gasteiger partial charge is 0.124 e. The van der Waals surface area contributed by atoms with E-state index in [9.17, 15) is 4.39 Å². The van der Waals surface area contributed by atoms with Gasteiger partial charge in [0, 0.05) is 26.7 Å². The number of hydrogen-bond acceptors (Lipinski definition) is 2. The van der Waals surface area contributed by atoms with Crippen LogP contribution in [0.25, 0.3) is 0 Å². The Balaban J connectivity index is 2.26. The zero-order valence-electron chi connectivity index (χ0n) is 7.65. The maximum Gasteiger partial charge on any atom is 0.124 e. The fraction of sp³-hybridized carbons (Fsp3) is 0. The van der Waals surface area contributed by atoms with Crippen LogP contribution in [-0.2, 0) is 0 Å². The topological polar surface area (TPSA) is 12.9 Å². The summed E-state index contributed by atoms with van der Waals surface area (Å²) in [7, 11) is 0. The van der Waals surface area contributed by atoms with Crippen molar-refractivity contribution in [3.8, 4) is 0 Å². The molecule has 1 aromatic carbocycles. The highest BCUT2D eigenvalue weighted by atomic mass is 79.9. The minimum absolute atomic E-state index is 0.217. The molecule has 1 heterocycles. The van der Waals surface area contributed by atoms with Crippen molar-refractivity contribution >= 4 is 27.7 Å². The van der Waals surface area contributed by atoms with Crippen molar-refractivity contribution in [2.75, 3.05) is 0 Å². The van der Waals surface area contributed by atoms with E-state index in [1.165, 1.54) is 23.9 Å². The first-order valence-corrected chi connectivity index (χ1v) is 5.89. The first kappa shape index (κ1) is 10.6. The number of aromatic nitrogens is 1. The molecule has 0 unspecified atom stereocenters. The molecule has 4 heteroatoms. The minimum atomic E-state index is -0.217. The van der Waals surface area contributed by atoms with E-state index < -0.39 is 0 Å². The van der Waals surface area contributed by atoms with Crippen molar-refractivity contribution < 1.29 is 4.39 Å². The van der Waals surface area contributed by atoms with Crippen LogP contribution in [0.1, 0.15) is 0 Å². The van der Waals surface area contributed by atoms with Crippen LogP contribution in [0.2, 0.25) is 0 Å². The summed E-state index contributed by atoms with van der Waals surface area (Å²) < 4.78 is 13.8. The predicted octanol–water partition coefficient (Wildman–Crippen LogP) is 4.13. The van der Waals surface area contributed by atoms with Gasteiger partial charge in [-0.15, -0.1) is 0 Å². The largest absolute Gasteiger partial charge is 0.263 e. The molecule has 1 nitrogen and oxygen atoms in total. The van der Waals surface area contributed by atoms with Crippen molar-refractivity contribution in [1.29, 1.82) is 0 Å². The van der Waals surface area contributed by atoms with Gasteiger partial charge < -0.3 is 0 Å². The van der Waals surface area contributed by atoms with Crippen LogP contribution >= 0.6 is 27.7 Å². The quantitative estimate of drug-likeness (QED) is 0.822. The third kappa shape index (κ3) is 2.79. The number of rotatable bonds is 2. The van der Waals surface area contributed by atoms with Crippen molar-refractivity contribution in [2.24, 2.45) is 0 Å². The first-order valence-electron chi connectivity index (χ1n) is 4.28. The van der Waals surface area contributed by atoms with E-state index in [1.54, 1.807) is 18.5 Å². The SMILES string of the molecule is Fc1cccc(Sc2ccncc2Br)c1. The van der Waals surface area contributed by atoms with Crippen LogP contribution < -0.4 is 0 Å². The van der Waals surface area contributed by atoms with Gasteiger partial charge in [-0.25, -0.2) is 4.39 Å². The van der Waals surface area contributed by atoms with E-state index in [0.717, 1.165) is 14.3 Å². The molecular weight excluding hydrogens is 277 g/mol. The maximum atomic E-state index is 12.9. The lowest BCUT2D eigenvalue weighted by atomic mass is 10.4. The Labute approximate surface area is 99.9 Å². The molecule has 0 spiro atoms. The van der Waals surface area contributed by atoms with Crippen LogP contribution in [0.5, 0.6) is 0 Å². The Morgan fingerprint density at radius 2 is 2.13 bits per heavy atom. The number of pyridine rings is 1. The molecule has 2 rings (SSSR count). The van der Waals surface area contributed by atoms with E-state index in [1.807, 2.05) is 12.1 Å². The lowest BCUT2D eigenvalue weighted by Crippen LogP contribution is -1.79.